The van der Waals surface area contributed by atoms with Gasteiger partial charge in [-0.2, -0.15) is 0 Å². The van der Waals surface area contributed by atoms with Crippen molar-refractivity contribution in [1.82, 2.24) is 15.4 Å². The van der Waals surface area contributed by atoms with Gasteiger partial charge < -0.3 is 9.47 Å². The second kappa shape index (κ2) is 6.09. The van der Waals surface area contributed by atoms with Gasteiger partial charge in [-0.05, 0) is 26.0 Å². The first-order valence-corrected chi connectivity index (χ1v) is 6.40. The van der Waals surface area contributed by atoms with E-state index in [2.05, 4.69) is 21.3 Å². The lowest BCUT2D eigenvalue weighted by Gasteiger charge is -2.11. The van der Waals surface area contributed by atoms with E-state index in [1.165, 1.54) is 0 Å². The van der Waals surface area contributed by atoms with Crippen molar-refractivity contribution >= 4 is 5.97 Å². The molecule has 0 aromatic carbocycles. The fourth-order valence-corrected chi connectivity index (χ4v) is 1.61. The number of hydrogen-bond acceptors (Lipinski definition) is 5. The lowest BCUT2D eigenvalue weighted by molar-refractivity contribution is 0.0516. The summed E-state index contributed by atoms with van der Waals surface area (Å²) in [5.41, 5.74) is -0.408. The zero-order valence-corrected chi connectivity index (χ0v) is 11.8. The molecule has 1 aromatic heterocycles. The van der Waals surface area contributed by atoms with Gasteiger partial charge in [0.1, 0.15) is 5.76 Å². The Morgan fingerprint density at radius 1 is 1.52 bits per heavy atom. The van der Waals surface area contributed by atoms with Gasteiger partial charge in [-0.3, -0.25) is 0 Å². The predicted molar refractivity (Wildman–Crippen MR) is 76.3 cm³/mol. The number of terminal acetylenes is 1. The van der Waals surface area contributed by atoms with Gasteiger partial charge in [0.2, 0.25) is 5.69 Å². The molecule has 1 atom stereocenters. The number of hydrogen-bond donors (Lipinski definition) is 1. The van der Waals surface area contributed by atoms with Gasteiger partial charge in [0.05, 0.1) is 12.0 Å². The molecule has 0 radical (unpaired) electrons. The summed E-state index contributed by atoms with van der Waals surface area (Å²) < 4.78 is 10.4. The van der Waals surface area contributed by atoms with Crippen LogP contribution in [0.5, 0.6) is 5.88 Å². The van der Waals surface area contributed by atoms with Crippen LogP contribution >= 0.6 is 0 Å². The number of nitrogens with one attached hydrogen (secondary N) is 1. The first-order chi connectivity index (χ1) is 10.1. The SMILES string of the molecule is C#CC1(C)C=CC=C(Oc2nn[nH]c2C(=O)OCC)C=C1. The normalized spacial score (nSPS) is 20.3. The van der Waals surface area contributed by atoms with E-state index >= 15 is 0 Å². The number of esters is 1. The van der Waals surface area contributed by atoms with E-state index < -0.39 is 11.4 Å². The van der Waals surface area contributed by atoms with Gasteiger partial charge in [-0.1, -0.05) is 34.5 Å². The molecule has 6 heteroatoms. The number of H-pyrrole nitrogens is 1. The molecule has 0 bridgehead atoms. The Labute approximate surface area is 122 Å². The number of nitrogens with zero attached hydrogens (tertiary/aromatic N) is 2. The van der Waals surface area contributed by atoms with Crippen molar-refractivity contribution in [3.8, 4) is 18.2 Å². The maximum absolute atomic E-state index is 11.7. The zero-order valence-electron chi connectivity index (χ0n) is 11.8. The van der Waals surface area contributed by atoms with Gasteiger partial charge in [0.25, 0.3) is 5.88 Å². The minimum absolute atomic E-state index is 0.0575. The monoisotopic (exact) mass is 285 g/mol. The smallest absolute Gasteiger partial charge is 0.362 e. The first-order valence-electron chi connectivity index (χ1n) is 6.40. The van der Waals surface area contributed by atoms with Gasteiger partial charge >= 0.3 is 5.97 Å². The summed E-state index contributed by atoms with van der Waals surface area (Å²) in [7, 11) is 0. The fraction of sp³-hybridized carbons (Fsp3) is 0.267. The molecule has 1 heterocycles. The minimum atomic E-state index is -0.570. The Bertz CT molecular complexity index is 664. The molecular formula is C15H15N3O3. The molecule has 0 fully saturated rings. The molecule has 6 nitrogen and oxygen atoms in total. The second-order valence-corrected chi connectivity index (χ2v) is 4.50. The maximum atomic E-state index is 11.7. The number of carbonyl (C=O) groups excluding carboxylic acids is 1. The van der Waals surface area contributed by atoms with Crippen molar-refractivity contribution in [2.75, 3.05) is 6.61 Å². The summed E-state index contributed by atoms with van der Waals surface area (Å²) >= 11 is 0. The molecule has 2 rings (SSSR count). The van der Waals surface area contributed by atoms with Crippen molar-refractivity contribution in [3.05, 3.63) is 41.8 Å². The summed E-state index contributed by atoms with van der Waals surface area (Å²) in [5.74, 6) is 2.65. The third-order valence-electron chi connectivity index (χ3n) is 2.82. The van der Waals surface area contributed by atoms with E-state index in [0.29, 0.717) is 5.76 Å². The standard InChI is InChI=1S/C15H15N3O3/c1-4-15(3)9-6-7-11(8-10-15)21-13-12(16-18-17-13)14(19)20-5-2/h1,6-10H,5H2,2-3H3,(H,16,17,18). The van der Waals surface area contributed by atoms with E-state index in [-0.39, 0.29) is 18.2 Å². The second-order valence-electron chi connectivity index (χ2n) is 4.50. The largest absolute Gasteiger partial charge is 0.461 e. The molecule has 1 aromatic rings. The highest BCUT2D eigenvalue weighted by atomic mass is 16.5. The highest BCUT2D eigenvalue weighted by Crippen LogP contribution is 2.24. The zero-order chi connectivity index (χ0) is 15.3. The molecule has 1 aliphatic carbocycles. The van der Waals surface area contributed by atoms with Gasteiger partial charge in [-0.25, -0.2) is 9.89 Å². The van der Waals surface area contributed by atoms with Crippen molar-refractivity contribution < 1.29 is 14.3 Å². The van der Waals surface area contributed by atoms with Crippen LogP contribution in [0, 0.1) is 17.8 Å². The number of aromatic amines is 1. The first kappa shape index (κ1) is 14.6. The highest BCUT2D eigenvalue weighted by molar-refractivity contribution is 5.89. The Hall–Kier alpha value is -2.81. The maximum Gasteiger partial charge on any atom is 0.362 e. The number of allylic oxidation sites excluding steroid dienone is 5. The molecule has 1 unspecified atom stereocenters. The molecule has 0 saturated heterocycles. The van der Waals surface area contributed by atoms with Crippen LogP contribution in [-0.4, -0.2) is 28.0 Å². The van der Waals surface area contributed by atoms with Gasteiger partial charge in [0, 0.05) is 0 Å². The van der Waals surface area contributed by atoms with Crippen LogP contribution in [0.2, 0.25) is 0 Å². The molecule has 1 N–H and O–H groups in total. The number of ether oxygens (including phenoxy) is 2. The molecule has 0 amide bonds. The number of aromatic nitrogens is 3. The summed E-state index contributed by atoms with van der Waals surface area (Å²) in [5, 5.41) is 9.75. The molecular weight excluding hydrogens is 270 g/mol. The summed E-state index contributed by atoms with van der Waals surface area (Å²) in [4.78, 5) is 11.7. The van der Waals surface area contributed by atoms with E-state index in [1.54, 1.807) is 25.2 Å². The van der Waals surface area contributed by atoms with E-state index in [4.69, 9.17) is 15.9 Å². The number of rotatable bonds is 4. The Kier molecular flexibility index (Phi) is 4.24. The fourth-order valence-electron chi connectivity index (χ4n) is 1.61. The topological polar surface area (TPSA) is 77.1 Å². The Morgan fingerprint density at radius 2 is 2.33 bits per heavy atom. The lowest BCUT2D eigenvalue weighted by atomic mass is 9.91. The minimum Gasteiger partial charge on any atom is -0.461 e. The van der Waals surface area contributed by atoms with E-state index in [1.807, 2.05) is 19.1 Å². The summed E-state index contributed by atoms with van der Waals surface area (Å²) in [6.07, 6.45) is 14.4. The lowest BCUT2D eigenvalue weighted by Crippen LogP contribution is -2.08. The summed E-state index contributed by atoms with van der Waals surface area (Å²) in [6, 6.07) is 0. The van der Waals surface area contributed by atoms with Gasteiger partial charge in [0.15, 0.2) is 0 Å². The molecule has 0 spiro atoms. The molecule has 21 heavy (non-hydrogen) atoms. The van der Waals surface area contributed by atoms with Gasteiger partial charge in [-0.15, -0.1) is 6.42 Å². The number of carbonyl (C=O) groups is 1. The third kappa shape index (κ3) is 3.39. The highest BCUT2D eigenvalue weighted by Gasteiger charge is 2.20. The predicted octanol–water partition coefficient (Wildman–Crippen LogP) is 2.01. The van der Waals surface area contributed by atoms with Crippen molar-refractivity contribution in [2.45, 2.75) is 13.8 Å². The van der Waals surface area contributed by atoms with Crippen LogP contribution in [0.3, 0.4) is 0 Å². The van der Waals surface area contributed by atoms with Crippen LogP contribution in [-0.2, 0) is 4.74 Å². The van der Waals surface area contributed by atoms with Crippen molar-refractivity contribution in [2.24, 2.45) is 5.41 Å². The van der Waals surface area contributed by atoms with Crippen LogP contribution in [0.1, 0.15) is 24.3 Å². The molecule has 0 aliphatic heterocycles. The quantitative estimate of drug-likeness (QED) is 0.676. The van der Waals surface area contributed by atoms with E-state index in [9.17, 15) is 4.79 Å². The molecule has 1 aliphatic rings. The Balaban J connectivity index is 2.18. The average molecular weight is 285 g/mol. The summed E-state index contributed by atoms with van der Waals surface area (Å²) in [6.45, 7) is 3.87. The van der Waals surface area contributed by atoms with Crippen LogP contribution in [0.15, 0.2) is 36.1 Å². The Morgan fingerprint density at radius 3 is 3.05 bits per heavy atom. The molecule has 0 saturated carbocycles. The third-order valence-corrected chi connectivity index (χ3v) is 2.82. The van der Waals surface area contributed by atoms with Crippen molar-refractivity contribution in [1.29, 1.82) is 0 Å². The van der Waals surface area contributed by atoms with E-state index in [0.717, 1.165) is 0 Å². The van der Waals surface area contributed by atoms with Crippen LogP contribution in [0.4, 0.5) is 0 Å². The van der Waals surface area contributed by atoms with Crippen LogP contribution in [0.25, 0.3) is 0 Å². The van der Waals surface area contributed by atoms with Crippen molar-refractivity contribution in [3.63, 3.8) is 0 Å². The average Bonchev–Trinajstić information content (AvgIpc) is 2.84. The molecule has 108 valence electrons. The van der Waals surface area contributed by atoms with Crippen LogP contribution < -0.4 is 4.74 Å².